The van der Waals surface area contributed by atoms with Crippen LogP contribution in [0.15, 0.2) is 42.0 Å². The number of nitriles is 1. The highest BCUT2D eigenvalue weighted by Crippen LogP contribution is 2.32. The summed E-state index contributed by atoms with van der Waals surface area (Å²) in [5.41, 5.74) is 4.53. The Labute approximate surface area is 159 Å². The highest BCUT2D eigenvalue weighted by atomic mass is 16.1. The Hall–Kier alpha value is -3.39. The molecule has 5 heteroatoms. The predicted octanol–water partition coefficient (Wildman–Crippen LogP) is 4.02. The number of Topliss-reactive ketones (excluding diaryl/α,β-unsaturated/α-hetero) is 1. The molecule has 136 valence electrons. The summed E-state index contributed by atoms with van der Waals surface area (Å²) >= 11 is 0. The molecule has 0 aliphatic carbocycles. The van der Waals surface area contributed by atoms with E-state index in [4.69, 9.17) is 4.98 Å². The molecule has 0 atom stereocenters. The van der Waals surface area contributed by atoms with Crippen molar-refractivity contribution < 1.29 is 4.79 Å². The number of ketones is 1. The van der Waals surface area contributed by atoms with E-state index in [1.54, 1.807) is 6.08 Å². The number of nitrogens with zero attached hydrogens (tertiary/aromatic N) is 4. The number of allylic oxidation sites excluding steroid dienone is 1. The van der Waals surface area contributed by atoms with E-state index in [1.165, 1.54) is 6.92 Å². The van der Waals surface area contributed by atoms with Crippen LogP contribution < -0.4 is 9.80 Å². The van der Waals surface area contributed by atoms with Crippen LogP contribution in [0.25, 0.3) is 27.9 Å². The lowest BCUT2D eigenvalue weighted by atomic mass is 10.0. The summed E-state index contributed by atoms with van der Waals surface area (Å²) in [5.74, 6) is -0.255. The van der Waals surface area contributed by atoms with E-state index < -0.39 is 0 Å². The molecule has 1 aromatic heterocycles. The van der Waals surface area contributed by atoms with Crippen molar-refractivity contribution in [1.29, 1.82) is 5.26 Å². The van der Waals surface area contributed by atoms with Gasteiger partial charge in [0.05, 0.1) is 16.6 Å². The molecule has 0 N–H and O–H groups in total. The van der Waals surface area contributed by atoms with Crippen LogP contribution >= 0.6 is 0 Å². The molecular weight excluding hydrogens is 336 g/mol. The van der Waals surface area contributed by atoms with Crippen LogP contribution in [-0.4, -0.2) is 39.0 Å². The maximum absolute atomic E-state index is 11.8. The van der Waals surface area contributed by atoms with Gasteiger partial charge < -0.3 is 9.80 Å². The fourth-order valence-electron chi connectivity index (χ4n) is 3.06. The maximum Gasteiger partial charge on any atom is 0.170 e. The maximum atomic E-state index is 11.8. The number of carbonyl (C=O) groups is 1. The number of anilines is 2. The first-order valence-electron chi connectivity index (χ1n) is 8.66. The lowest BCUT2D eigenvalue weighted by molar-refractivity contribution is -0.113. The number of hydrogen-bond acceptors (Lipinski definition) is 5. The Morgan fingerprint density at radius 1 is 1.04 bits per heavy atom. The molecule has 0 bridgehead atoms. The van der Waals surface area contributed by atoms with Gasteiger partial charge in [0.15, 0.2) is 5.78 Å². The van der Waals surface area contributed by atoms with Gasteiger partial charge in [0, 0.05) is 55.9 Å². The largest absolute Gasteiger partial charge is 0.378 e. The van der Waals surface area contributed by atoms with Gasteiger partial charge in [-0.1, -0.05) is 12.1 Å². The van der Waals surface area contributed by atoms with E-state index in [2.05, 4.69) is 18.2 Å². The van der Waals surface area contributed by atoms with Gasteiger partial charge in [-0.2, -0.15) is 5.26 Å². The van der Waals surface area contributed by atoms with Crippen LogP contribution in [0.5, 0.6) is 0 Å². The van der Waals surface area contributed by atoms with E-state index >= 15 is 0 Å². The van der Waals surface area contributed by atoms with Crippen molar-refractivity contribution in [2.45, 2.75) is 6.92 Å². The molecular formula is C22H22N4O. The molecule has 0 aliphatic heterocycles. The van der Waals surface area contributed by atoms with Gasteiger partial charge in [-0.25, -0.2) is 4.98 Å². The van der Waals surface area contributed by atoms with Gasteiger partial charge in [0.1, 0.15) is 6.07 Å². The summed E-state index contributed by atoms with van der Waals surface area (Å²) in [6, 6.07) is 14.3. The number of fused-ring (bicyclic) bond motifs is 2. The quantitative estimate of drug-likeness (QED) is 0.400. The summed E-state index contributed by atoms with van der Waals surface area (Å²) in [6.45, 7) is 1.40. The van der Waals surface area contributed by atoms with Gasteiger partial charge in [-0.15, -0.1) is 0 Å². The summed E-state index contributed by atoms with van der Waals surface area (Å²) < 4.78 is 0. The van der Waals surface area contributed by atoms with Crippen LogP contribution in [0.1, 0.15) is 12.5 Å². The summed E-state index contributed by atoms with van der Waals surface area (Å²) in [6.07, 6.45) is 1.65. The SMILES string of the molecule is CC(=O)/C(C#N)=C/c1c(N(C)C)ccc2cc3ccc(N(C)C)cc3nc12. The van der Waals surface area contributed by atoms with E-state index in [9.17, 15) is 10.1 Å². The highest BCUT2D eigenvalue weighted by molar-refractivity contribution is 6.06. The van der Waals surface area contributed by atoms with Crippen LogP contribution in [0, 0.1) is 11.3 Å². The monoisotopic (exact) mass is 358 g/mol. The van der Waals surface area contributed by atoms with E-state index in [1.807, 2.05) is 62.3 Å². The number of pyridine rings is 1. The zero-order valence-corrected chi connectivity index (χ0v) is 16.2. The van der Waals surface area contributed by atoms with Gasteiger partial charge in [-0.3, -0.25) is 4.79 Å². The van der Waals surface area contributed by atoms with Gasteiger partial charge in [-0.05, 0) is 37.3 Å². The van der Waals surface area contributed by atoms with Crippen molar-refractivity contribution >= 4 is 45.0 Å². The Kier molecular flexibility index (Phi) is 4.83. The second-order valence-electron chi connectivity index (χ2n) is 6.95. The number of carbonyl (C=O) groups excluding carboxylic acids is 1. The lowest BCUT2D eigenvalue weighted by Gasteiger charge is -2.18. The molecule has 5 nitrogen and oxygen atoms in total. The molecule has 0 amide bonds. The molecule has 0 fully saturated rings. The topological polar surface area (TPSA) is 60.2 Å². The molecule has 3 rings (SSSR count). The van der Waals surface area contributed by atoms with Crippen LogP contribution in [0.2, 0.25) is 0 Å². The third-order valence-corrected chi connectivity index (χ3v) is 4.57. The molecule has 1 heterocycles. The zero-order chi connectivity index (χ0) is 19.7. The van der Waals surface area contributed by atoms with E-state index in [-0.39, 0.29) is 11.4 Å². The lowest BCUT2D eigenvalue weighted by Crippen LogP contribution is -2.11. The van der Waals surface area contributed by atoms with E-state index in [0.29, 0.717) is 0 Å². The second kappa shape index (κ2) is 7.08. The van der Waals surface area contributed by atoms with Crippen molar-refractivity contribution in [1.82, 2.24) is 4.98 Å². The zero-order valence-electron chi connectivity index (χ0n) is 16.2. The normalized spacial score (nSPS) is 11.5. The Balaban J connectivity index is 2.39. The van der Waals surface area contributed by atoms with Crippen LogP contribution in [0.3, 0.4) is 0 Å². The standard InChI is InChI=1S/C22H22N4O/c1-14(27)17(13-23)11-19-21(26(4)5)9-7-16-10-15-6-8-18(25(2)3)12-20(15)24-22(16)19/h6-12H,1-5H3/b17-11+. The minimum absolute atomic E-state index is 0.120. The highest BCUT2D eigenvalue weighted by Gasteiger charge is 2.13. The summed E-state index contributed by atoms with van der Waals surface area (Å²) in [5, 5.41) is 11.4. The van der Waals surface area contributed by atoms with Crippen molar-refractivity contribution in [2.75, 3.05) is 38.0 Å². The minimum atomic E-state index is -0.255. The van der Waals surface area contributed by atoms with Crippen molar-refractivity contribution in [3.05, 3.63) is 47.5 Å². The Bertz CT molecular complexity index is 1120. The molecule has 0 spiro atoms. The fraction of sp³-hybridized carbons (Fsp3) is 0.227. The first-order chi connectivity index (χ1) is 12.8. The number of benzene rings is 2. The van der Waals surface area contributed by atoms with Crippen LogP contribution in [0.4, 0.5) is 11.4 Å². The average molecular weight is 358 g/mol. The summed E-state index contributed by atoms with van der Waals surface area (Å²) in [7, 11) is 7.85. The van der Waals surface area contributed by atoms with Crippen LogP contribution in [-0.2, 0) is 4.79 Å². The number of aromatic nitrogens is 1. The first-order valence-corrected chi connectivity index (χ1v) is 8.66. The number of rotatable bonds is 4. The van der Waals surface area contributed by atoms with Crippen molar-refractivity contribution in [2.24, 2.45) is 0 Å². The average Bonchev–Trinajstić information content (AvgIpc) is 2.63. The predicted molar refractivity (Wildman–Crippen MR) is 112 cm³/mol. The third-order valence-electron chi connectivity index (χ3n) is 4.57. The van der Waals surface area contributed by atoms with Gasteiger partial charge >= 0.3 is 0 Å². The molecule has 27 heavy (non-hydrogen) atoms. The van der Waals surface area contributed by atoms with E-state index in [0.717, 1.165) is 38.7 Å². The molecule has 2 aromatic carbocycles. The molecule has 0 aliphatic rings. The molecule has 0 radical (unpaired) electrons. The summed E-state index contributed by atoms with van der Waals surface area (Å²) in [4.78, 5) is 20.7. The molecule has 3 aromatic rings. The fourth-order valence-corrected chi connectivity index (χ4v) is 3.06. The Morgan fingerprint density at radius 3 is 2.33 bits per heavy atom. The molecule has 0 saturated heterocycles. The second-order valence-corrected chi connectivity index (χ2v) is 6.95. The molecule has 0 unspecified atom stereocenters. The van der Waals surface area contributed by atoms with Crippen molar-refractivity contribution in [3.8, 4) is 6.07 Å². The Morgan fingerprint density at radius 2 is 1.74 bits per heavy atom. The van der Waals surface area contributed by atoms with Gasteiger partial charge in [0.2, 0.25) is 0 Å². The third kappa shape index (κ3) is 3.47. The van der Waals surface area contributed by atoms with Gasteiger partial charge in [0.25, 0.3) is 0 Å². The number of hydrogen-bond donors (Lipinski definition) is 0. The smallest absolute Gasteiger partial charge is 0.170 e. The van der Waals surface area contributed by atoms with Crippen molar-refractivity contribution in [3.63, 3.8) is 0 Å². The first kappa shape index (κ1) is 18.4. The molecule has 0 saturated carbocycles. The minimum Gasteiger partial charge on any atom is -0.378 e.